The lowest BCUT2D eigenvalue weighted by molar-refractivity contribution is 0.102. The fraction of sp³-hybridized carbons (Fsp3) is 0.312. The van der Waals surface area contributed by atoms with Gasteiger partial charge in [0.05, 0.1) is 12.3 Å². The number of carbonyl (C=O) groups is 1. The zero-order valence-corrected chi connectivity index (χ0v) is 13.3. The molecule has 0 unspecified atom stereocenters. The van der Waals surface area contributed by atoms with Crippen LogP contribution in [0.1, 0.15) is 23.7 Å². The fourth-order valence-electron chi connectivity index (χ4n) is 2.06. The minimum absolute atomic E-state index is 0.111. The molecule has 0 aliphatic heterocycles. The van der Waals surface area contributed by atoms with Crippen LogP contribution in [0.3, 0.4) is 0 Å². The van der Waals surface area contributed by atoms with E-state index in [9.17, 15) is 14.4 Å². The molecule has 7 heteroatoms. The Kier molecular flexibility index (Phi) is 5.00. The van der Waals surface area contributed by atoms with Gasteiger partial charge in [-0.2, -0.15) is 0 Å². The summed E-state index contributed by atoms with van der Waals surface area (Å²) in [6.45, 7) is 2.50. The Bertz CT molecular complexity index is 836. The van der Waals surface area contributed by atoms with Gasteiger partial charge in [-0.05, 0) is 18.6 Å². The number of rotatable bonds is 5. The van der Waals surface area contributed by atoms with E-state index in [0.717, 1.165) is 11.0 Å². The van der Waals surface area contributed by atoms with Gasteiger partial charge < -0.3 is 14.6 Å². The first-order chi connectivity index (χ1) is 11.0. The molecule has 7 nitrogen and oxygen atoms in total. The third-order valence-electron chi connectivity index (χ3n) is 3.29. The van der Waals surface area contributed by atoms with E-state index in [1.54, 1.807) is 24.3 Å². The van der Waals surface area contributed by atoms with E-state index in [1.807, 2.05) is 6.92 Å². The predicted octanol–water partition coefficient (Wildman–Crippen LogP) is 1.13. The molecule has 122 valence electrons. The fourth-order valence-corrected chi connectivity index (χ4v) is 2.06. The van der Waals surface area contributed by atoms with Crippen molar-refractivity contribution in [3.05, 3.63) is 56.9 Å². The van der Waals surface area contributed by atoms with Gasteiger partial charge in [0, 0.05) is 20.3 Å². The molecule has 1 N–H and O–H groups in total. The number of anilines is 1. The first kappa shape index (κ1) is 16.5. The minimum atomic E-state index is -0.641. The van der Waals surface area contributed by atoms with Crippen molar-refractivity contribution in [2.24, 2.45) is 14.1 Å². The summed E-state index contributed by atoms with van der Waals surface area (Å²) in [5.74, 6) is -0.0573. The molecule has 2 aromatic rings. The maximum atomic E-state index is 12.4. The molecule has 0 saturated carbocycles. The molecule has 0 bridgehead atoms. The van der Waals surface area contributed by atoms with Crippen molar-refractivity contribution in [2.75, 3.05) is 11.9 Å². The van der Waals surface area contributed by atoms with Gasteiger partial charge in [0.25, 0.3) is 11.5 Å². The van der Waals surface area contributed by atoms with Gasteiger partial charge in [0.15, 0.2) is 0 Å². The van der Waals surface area contributed by atoms with E-state index < -0.39 is 17.2 Å². The summed E-state index contributed by atoms with van der Waals surface area (Å²) in [6.07, 6.45) is 2.07. The highest BCUT2D eigenvalue weighted by Crippen LogP contribution is 2.24. The van der Waals surface area contributed by atoms with Crippen LogP contribution in [-0.4, -0.2) is 21.6 Å². The van der Waals surface area contributed by atoms with Gasteiger partial charge >= 0.3 is 5.69 Å². The van der Waals surface area contributed by atoms with Crippen LogP contribution in [0, 0.1) is 0 Å². The van der Waals surface area contributed by atoms with Gasteiger partial charge in [-0.15, -0.1) is 0 Å². The van der Waals surface area contributed by atoms with E-state index in [4.69, 9.17) is 4.74 Å². The summed E-state index contributed by atoms with van der Waals surface area (Å²) in [5, 5.41) is 2.66. The summed E-state index contributed by atoms with van der Waals surface area (Å²) in [7, 11) is 2.82. The third-order valence-corrected chi connectivity index (χ3v) is 3.29. The van der Waals surface area contributed by atoms with Gasteiger partial charge in [-0.3, -0.25) is 14.2 Å². The number of aryl methyl sites for hydroxylation is 1. The number of amides is 1. The Morgan fingerprint density at radius 3 is 2.61 bits per heavy atom. The predicted molar refractivity (Wildman–Crippen MR) is 87.1 cm³/mol. The number of hydrogen-bond donors (Lipinski definition) is 1. The van der Waals surface area contributed by atoms with Gasteiger partial charge in [0.1, 0.15) is 11.3 Å². The molecule has 1 amide bonds. The average Bonchev–Trinajstić information content (AvgIpc) is 2.55. The zero-order chi connectivity index (χ0) is 17.0. The lowest BCUT2D eigenvalue weighted by Crippen LogP contribution is -2.40. The summed E-state index contributed by atoms with van der Waals surface area (Å²) < 4.78 is 7.65. The van der Waals surface area contributed by atoms with Gasteiger partial charge in [0.2, 0.25) is 0 Å². The Hall–Kier alpha value is -2.83. The summed E-state index contributed by atoms with van der Waals surface area (Å²) in [6, 6.07) is 6.98. The Morgan fingerprint density at radius 2 is 1.91 bits per heavy atom. The Balaban J connectivity index is 2.34. The Labute approximate surface area is 133 Å². The van der Waals surface area contributed by atoms with Crippen molar-refractivity contribution in [3.8, 4) is 5.75 Å². The van der Waals surface area contributed by atoms with E-state index in [2.05, 4.69) is 5.32 Å². The number of nitrogens with zero attached hydrogens (tertiary/aromatic N) is 2. The van der Waals surface area contributed by atoms with E-state index in [1.165, 1.54) is 24.9 Å². The summed E-state index contributed by atoms with van der Waals surface area (Å²) in [4.78, 5) is 36.1. The highest BCUT2D eigenvalue weighted by atomic mass is 16.5. The van der Waals surface area contributed by atoms with Crippen molar-refractivity contribution in [1.82, 2.24) is 9.13 Å². The molecule has 1 aromatic heterocycles. The molecule has 23 heavy (non-hydrogen) atoms. The maximum Gasteiger partial charge on any atom is 0.330 e. The molecule has 1 aromatic carbocycles. The molecule has 1 heterocycles. The molecule has 0 radical (unpaired) electrons. The van der Waals surface area contributed by atoms with E-state index in [0.29, 0.717) is 18.0 Å². The molecule has 0 saturated heterocycles. The zero-order valence-electron chi connectivity index (χ0n) is 13.3. The quantitative estimate of drug-likeness (QED) is 0.896. The van der Waals surface area contributed by atoms with Gasteiger partial charge in [-0.25, -0.2) is 4.79 Å². The van der Waals surface area contributed by atoms with Crippen LogP contribution >= 0.6 is 0 Å². The molecule has 0 aliphatic rings. The molecular weight excluding hydrogens is 298 g/mol. The standard InChI is InChI=1S/C16H19N3O4/c1-4-9-23-13-8-6-5-7-12(13)17-14(20)11-10-18(2)16(22)19(3)15(11)21/h5-8,10H,4,9H2,1-3H3,(H,17,20). The van der Waals surface area contributed by atoms with Crippen LogP contribution in [0.15, 0.2) is 40.1 Å². The molecule has 0 aliphatic carbocycles. The van der Waals surface area contributed by atoms with Gasteiger partial charge in [-0.1, -0.05) is 19.1 Å². The second-order valence-corrected chi connectivity index (χ2v) is 5.10. The van der Waals surface area contributed by atoms with Crippen molar-refractivity contribution in [3.63, 3.8) is 0 Å². The van der Waals surface area contributed by atoms with Crippen molar-refractivity contribution >= 4 is 11.6 Å². The largest absolute Gasteiger partial charge is 0.491 e. The summed E-state index contributed by atoms with van der Waals surface area (Å²) in [5.41, 5.74) is -0.766. The summed E-state index contributed by atoms with van der Waals surface area (Å²) >= 11 is 0. The van der Waals surface area contributed by atoms with Crippen LogP contribution in [0.5, 0.6) is 5.75 Å². The average molecular weight is 317 g/mol. The van der Waals surface area contributed by atoms with E-state index in [-0.39, 0.29) is 5.56 Å². The number of para-hydroxylation sites is 2. The number of hydrogen-bond acceptors (Lipinski definition) is 4. The van der Waals surface area contributed by atoms with Crippen molar-refractivity contribution in [1.29, 1.82) is 0 Å². The molecule has 0 atom stereocenters. The number of ether oxygens (including phenoxy) is 1. The monoisotopic (exact) mass is 317 g/mol. The number of nitrogens with one attached hydrogen (secondary N) is 1. The third kappa shape index (κ3) is 3.50. The first-order valence-corrected chi connectivity index (χ1v) is 7.25. The highest BCUT2D eigenvalue weighted by Gasteiger charge is 2.16. The van der Waals surface area contributed by atoms with Crippen LogP contribution in [0.25, 0.3) is 0 Å². The Morgan fingerprint density at radius 1 is 1.22 bits per heavy atom. The first-order valence-electron chi connectivity index (χ1n) is 7.25. The molecular formula is C16H19N3O4. The number of benzene rings is 1. The highest BCUT2D eigenvalue weighted by molar-refractivity contribution is 6.04. The lowest BCUT2D eigenvalue weighted by atomic mass is 10.2. The minimum Gasteiger partial charge on any atom is -0.491 e. The van der Waals surface area contributed by atoms with Crippen LogP contribution in [0.4, 0.5) is 5.69 Å². The normalized spacial score (nSPS) is 10.4. The smallest absolute Gasteiger partial charge is 0.330 e. The van der Waals surface area contributed by atoms with Crippen LogP contribution < -0.4 is 21.3 Å². The van der Waals surface area contributed by atoms with Crippen molar-refractivity contribution in [2.45, 2.75) is 13.3 Å². The topological polar surface area (TPSA) is 82.3 Å². The lowest BCUT2D eigenvalue weighted by Gasteiger charge is -2.12. The van der Waals surface area contributed by atoms with Crippen LogP contribution in [0.2, 0.25) is 0 Å². The van der Waals surface area contributed by atoms with Crippen LogP contribution in [-0.2, 0) is 14.1 Å². The van der Waals surface area contributed by atoms with E-state index >= 15 is 0 Å². The number of carbonyl (C=O) groups excluding carboxylic acids is 1. The molecule has 2 rings (SSSR count). The molecule has 0 fully saturated rings. The van der Waals surface area contributed by atoms with Crippen molar-refractivity contribution < 1.29 is 9.53 Å². The molecule has 0 spiro atoms. The SMILES string of the molecule is CCCOc1ccccc1NC(=O)c1cn(C)c(=O)n(C)c1=O. The maximum absolute atomic E-state index is 12.4. The second-order valence-electron chi connectivity index (χ2n) is 5.10. The number of aromatic nitrogens is 2. The second kappa shape index (κ2) is 6.95.